The normalized spacial score (nSPS) is 18.5. The van der Waals surface area contributed by atoms with Crippen LogP contribution in [0.3, 0.4) is 0 Å². The molecular formula is C19H23ClN4O4. The molecule has 0 saturated heterocycles. The SMILES string of the molecule is CC(C)OC(=O)[C@@H](NC(=O)[C@H](N)Cc1c[nH]c2ccccc12)[C@@H]1CC(Cl)=NO1. The molecule has 3 rings (SSSR count). The first-order valence-electron chi connectivity index (χ1n) is 9.04. The van der Waals surface area contributed by atoms with Crippen LogP contribution < -0.4 is 11.1 Å². The molecule has 0 radical (unpaired) electrons. The van der Waals surface area contributed by atoms with Crippen LogP contribution in [-0.4, -0.2) is 46.3 Å². The predicted molar refractivity (Wildman–Crippen MR) is 106 cm³/mol. The van der Waals surface area contributed by atoms with E-state index in [1.165, 1.54) is 0 Å². The maximum Gasteiger partial charge on any atom is 0.332 e. The van der Waals surface area contributed by atoms with E-state index in [-0.39, 0.29) is 17.7 Å². The number of para-hydroxylation sites is 1. The van der Waals surface area contributed by atoms with Gasteiger partial charge in [0, 0.05) is 23.5 Å². The number of nitrogens with two attached hydrogens (primary N) is 1. The van der Waals surface area contributed by atoms with Gasteiger partial charge < -0.3 is 25.6 Å². The van der Waals surface area contributed by atoms with Crippen LogP contribution in [0.25, 0.3) is 10.9 Å². The van der Waals surface area contributed by atoms with Gasteiger partial charge in [0.2, 0.25) is 5.91 Å². The summed E-state index contributed by atoms with van der Waals surface area (Å²) in [7, 11) is 0. The molecule has 2 aromatic rings. The summed E-state index contributed by atoms with van der Waals surface area (Å²) in [5.74, 6) is -1.10. The van der Waals surface area contributed by atoms with Crippen molar-refractivity contribution in [3.8, 4) is 0 Å². The van der Waals surface area contributed by atoms with E-state index in [4.69, 9.17) is 26.9 Å². The topological polar surface area (TPSA) is 119 Å². The number of esters is 1. The highest BCUT2D eigenvalue weighted by molar-refractivity contribution is 6.65. The molecule has 0 fully saturated rings. The van der Waals surface area contributed by atoms with Gasteiger partial charge in [0.25, 0.3) is 0 Å². The maximum atomic E-state index is 12.7. The van der Waals surface area contributed by atoms with Crippen molar-refractivity contribution in [3.63, 3.8) is 0 Å². The molecule has 0 bridgehead atoms. The Morgan fingerprint density at radius 1 is 1.43 bits per heavy atom. The Kier molecular flexibility index (Phi) is 6.21. The third-order valence-electron chi connectivity index (χ3n) is 4.38. The molecule has 1 aliphatic rings. The van der Waals surface area contributed by atoms with Gasteiger partial charge in [0.15, 0.2) is 12.1 Å². The molecule has 3 atom stereocenters. The molecule has 0 aliphatic carbocycles. The highest BCUT2D eigenvalue weighted by Crippen LogP contribution is 2.20. The molecular weight excluding hydrogens is 384 g/mol. The summed E-state index contributed by atoms with van der Waals surface area (Å²) in [6.07, 6.45) is 1.27. The summed E-state index contributed by atoms with van der Waals surface area (Å²) in [5.41, 5.74) is 7.99. The fraction of sp³-hybridized carbons (Fsp3) is 0.421. The van der Waals surface area contributed by atoms with E-state index in [1.54, 1.807) is 13.8 Å². The minimum absolute atomic E-state index is 0.206. The second-order valence-electron chi connectivity index (χ2n) is 6.96. The van der Waals surface area contributed by atoms with Crippen molar-refractivity contribution in [2.75, 3.05) is 0 Å². The van der Waals surface area contributed by atoms with Gasteiger partial charge in [-0.1, -0.05) is 35.0 Å². The molecule has 1 aromatic carbocycles. The second kappa shape index (κ2) is 8.62. The van der Waals surface area contributed by atoms with E-state index < -0.39 is 30.1 Å². The molecule has 2 heterocycles. The van der Waals surface area contributed by atoms with Crippen LogP contribution in [0.1, 0.15) is 25.8 Å². The van der Waals surface area contributed by atoms with Crippen molar-refractivity contribution >= 4 is 39.6 Å². The number of amides is 1. The average Bonchev–Trinajstić information content (AvgIpc) is 3.25. The smallest absolute Gasteiger partial charge is 0.332 e. The van der Waals surface area contributed by atoms with Crippen LogP contribution in [0, 0.1) is 0 Å². The number of carbonyl (C=O) groups is 2. The van der Waals surface area contributed by atoms with E-state index in [2.05, 4.69) is 15.5 Å². The summed E-state index contributed by atoms with van der Waals surface area (Å²) < 4.78 is 5.23. The molecule has 4 N–H and O–H groups in total. The minimum Gasteiger partial charge on any atom is -0.461 e. The van der Waals surface area contributed by atoms with Crippen LogP contribution >= 0.6 is 11.6 Å². The summed E-state index contributed by atoms with van der Waals surface area (Å²) in [5, 5.41) is 7.50. The molecule has 1 aromatic heterocycles. The van der Waals surface area contributed by atoms with Crippen LogP contribution in [0.15, 0.2) is 35.6 Å². The van der Waals surface area contributed by atoms with Gasteiger partial charge in [0.1, 0.15) is 5.17 Å². The maximum absolute atomic E-state index is 12.7. The Labute approximate surface area is 167 Å². The first kappa shape index (κ1) is 20.2. The number of oxime groups is 1. The Bertz CT molecular complexity index is 895. The Morgan fingerprint density at radius 3 is 2.86 bits per heavy atom. The lowest BCUT2D eigenvalue weighted by molar-refractivity contribution is -0.155. The molecule has 1 amide bonds. The molecule has 8 nitrogen and oxygen atoms in total. The van der Waals surface area contributed by atoms with Gasteiger partial charge in [-0.15, -0.1) is 0 Å². The molecule has 0 spiro atoms. The van der Waals surface area contributed by atoms with Gasteiger partial charge in [-0.25, -0.2) is 4.79 Å². The number of aromatic nitrogens is 1. The summed E-state index contributed by atoms with van der Waals surface area (Å²) in [6, 6.07) is 5.85. The molecule has 28 heavy (non-hydrogen) atoms. The molecule has 1 aliphatic heterocycles. The van der Waals surface area contributed by atoms with Crippen LogP contribution in [0.4, 0.5) is 0 Å². The zero-order valence-corrected chi connectivity index (χ0v) is 16.4. The number of hydrogen-bond acceptors (Lipinski definition) is 6. The Balaban J connectivity index is 1.69. The standard InChI is InChI=1S/C19H23ClN4O4/c1-10(2)27-19(26)17(15-8-16(20)24-28-15)23-18(25)13(21)7-11-9-22-14-6-4-3-5-12(11)14/h3-6,9-10,13,15,17,22H,7-8,21H2,1-2H3,(H,23,25)/t13-,15+,17+/m1/s1. The van der Waals surface area contributed by atoms with E-state index in [0.717, 1.165) is 16.5 Å². The molecule has 0 saturated carbocycles. The fourth-order valence-corrected chi connectivity index (χ4v) is 3.24. The predicted octanol–water partition coefficient (Wildman–Crippen LogP) is 1.82. The van der Waals surface area contributed by atoms with E-state index in [1.807, 2.05) is 30.5 Å². The molecule has 0 unspecified atom stereocenters. The fourth-order valence-electron chi connectivity index (χ4n) is 3.04. The van der Waals surface area contributed by atoms with Gasteiger partial charge in [0.05, 0.1) is 12.1 Å². The number of halogens is 1. The van der Waals surface area contributed by atoms with E-state index in [0.29, 0.717) is 6.42 Å². The number of benzene rings is 1. The number of fused-ring (bicyclic) bond motifs is 1. The van der Waals surface area contributed by atoms with Gasteiger partial charge in [-0.2, -0.15) is 0 Å². The van der Waals surface area contributed by atoms with Gasteiger partial charge >= 0.3 is 5.97 Å². The van der Waals surface area contributed by atoms with Crippen molar-refractivity contribution in [3.05, 3.63) is 36.0 Å². The third-order valence-corrected chi connectivity index (χ3v) is 4.61. The lowest BCUT2D eigenvalue weighted by Crippen LogP contribution is -2.54. The number of rotatable bonds is 7. The molecule has 9 heteroatoms. The van der Waals surface area contributed by atoms with Crippen molar-refractivity contribution in [1.29, 1.82) is 0 Å². The van der Waals surface area contributed by atoms with Gasteiger partial charge in [-0.3, -0.25) is 4.79 Å². The number of H-pyrrole nitrogens is 1. The third kappa shape index (κ3) is 4.63. The van der Waals surface area contributed by atoms with Crippen molar-refractivity contribution < 1.29 is 19.2 Å². The quantitative estimate of drug-likeness (QED) is 0.606. The zero-order chi connectivity index (χ0) is 20.3. The number of carbonyl (C=O) groups excluding carboxylic acids is 2. The Hall–Kier alpha value is -2.58. The van der Waals surface area contributed by atoms with E-state index >= 15 is 0 Å². The number of nitrogens with one attached hydrogen (secondary N) is 2. The zero-order valence-electron chi connectivity index (χ0n) is 15.6. The van der Waals surface area contributed by atoms with E-state index in [9.17, 15) is 9.59 Å². The lowest BCUT2D eigenvalue weighted by Gasteiger charge is -2.24. The number of nitrogens with zero attached hydrogens (tertiary/aromatic N) is 1. The first-order chi connectivity index (χ1) is 13.3. The van der Waals surface area contributed by atoms with Crippen LogP contribution in [-0.2, 0) is 25.6 Å². The van der Waals surface area contributed by atoms with Crippen molar-refractivity contribution in [1.82, 2.24) is 10.3 Å². The largest absolute Gasteiger partial charge is 0.461 e. The highest BCUT2D eigenvalue weighted by Gasteiger charge is 2.38. The summed E-state index contributed by atoms with van der Waals surface area (Å²) in [4.78, 5) is 33.4. The number of aromatic amines is 1. The van der Waals surface area contributed by atoms with Crippen molar-refractivity contribution in [2.45, 2.75) is 51.0 Å². The number of ether oxygens (including phenoxy) is 1. The second-order valence-corrected chi connectivity index (χ2v) is 7.39. The first-order valence-corrected chi connectivity index (χ1v) is 9.42. The highest BCUT2D eigenvalue weighted by atomic mass is 35.5. The van der Waals surface area contributed by atoms with Crippen LogP contribution in [0.5, 0.6) is 0 Å². The monoisotopic (exact) mass is 406 g/mol. The minimum atomic E-state index is -1.05. The van der Waals surface area contributed by atoms with Crippen LogP contribution in [0.2, 0.25) is 0 Å². The summed E-state index contributed by atoms with van der Waals surface area (Å²) in [6.45, 7) is 3.44. The van der Waals surface area contributed by atoms with Crippen molar-refractivity contribution in [2.24, 2.45) is 10.9 Å². The summed E-state index contributed by atoms with van der Waals surface area (Å²) >= 11 is 5.84. The number of hydrogen-bond donors (Lipinski definition) is 3. The Morgan fingerprint density at radius 2 is 2.18 bits per heavy atom. The average molecular weight is 407 g/mol. The van der Waals surface area contributed by atoms with Gasteiger partial charge in [-0.05, 0) is 31.9 Å². The lowest BCUT2D eigenvalue weighted by atomic mass is 10.0. The molecule has 150 valence electrons.